The normalized spacial score (nSPS) is 24.4. The van der Waals surface area contributed by atoms with E-state index in [0.717, 1.165) is 19.5 Å². The summed E-state index contributed by atoms with van der Waals surface area (Å²) in [4.78, 5) is 13.1. The highest BCUT2D eigenvalue weighted by Crippen LogP contribution is 1.99. The van der Waals surface area contributed by atoms with Crippen molar-refractivity contribution in [3.05, 3.63) is 0 Å². The third-order valence-electron chi connectivity index (χ3n) is 2.36. The standard InChI is InChI=1S/C9H19N3O/c1-7(9(13)12(2)3)11-8-4-5-10-6-8/h7-8,10-11H,4-6H2,1-3H3. The van der Waals surface area contributed by atoms with E-state index < -0.39 is 0 Å². The van der Waals surface area contributed by atoms with E-state index in [9.17, 15) is 4.79 Å². The summed E-state index contributed by atoms with van der Waals surface area (Å²) in [5.41, 5.74) is 0. The highest BCUT2D eigenvalue weighted by Gasteiger charge is 2.21. The lowest BCUT2D eigenvalue weighted by molar-refractivity contribution is -0.130. The molecular formula is C9H19N3O. The van der Waals surface area contributed by atoms with Crippen molar-refractivity contribution >= 4 is 5.91 Å². The van der Waals surface area contributed by atoms with E-state index in [2.05, 4.69) is 10.6 Å². The molecule has 0 aromatic rings. The molecule has 1 aliphatic rings. The summed E-state index contributed by atoms with van der Waals surface area (Å²) in [7, 11) is 3.57. The zero-order chi connectivity index (χ0) is 9.84. The molecule has 76 valence electrons. The predicted molar refractivity (Wildman–Crippen MR) is 52.6 cm³/mol. The highest BCUT2D eigenvalue weighted by atomic mass is 16.2. The summed E-state index contributed by atoms with van der Waals surface area (Å²) < 4.78 is 0. The fraction of sp³-hybridized carbons (Fsp3) is 0.889. The Balaban J connectivity index is 2.31. The molecule has 1 saturated heterocycles. The first kappa shape index (κ1) is 10.5. The Morgan fingerprint density at radius 2 is 2.31 bits per heavy atom. The van der Waals surface area contributed by atoms with Gasteiger partial charge in [-0.2, -0.15) is 0 Å². The summed E-state index contributed by atoms with van der Waals surface area (Å²) in [5.74, 6) is 0.145. The van der Waals surface area contributed by atoms with E-state index in [1.54, 1.807) is 19.0 Å². The van der Waals surface area contributed by atoms with Crippen molar-refractivity contribution in [2.75, 3.05) is 27.2 Å². The fourth-order valence-corrected chi connectivity index (χ4v) is 1.61. The molecule has 13 heavy (non-hydrogen) atoms. The molecule has 1 aliphatic heterocycles. The molecule has 1 amide bonds. The quantitative estimate of drug-likeness (QED) is 0.618. The molecule has 0 saturated carbocycles. The van der Waals surface area contributed by atoms with Crippen LogP contribution in [0.1, 0.15) is 13.3 Å². The highest BCUT2D eigenvalue weighted by molar-refractivity contribution is 5.80. The summed E-state index contributed by atoms with van der Waals surface area (Å²) in [6.07, 6.45) is 1.12. The van der Waals surface area contributed by atoms with Gasteiger partial charge in [0.25, 0.3) is 0 Å². The van der Waals surface area contributed by atoms with Gasteiger partial charge >= 0.3 is 0 Å². The Bertz CT molecular complexity index is 176. The number of hydrogen-bond donors (Lipinski definition) is 2. The topological polar surface area (TPSA) is 44.4 Å². The van der Waals surface area contributed by atoms with Crippen molar-refractivity contribution in [1.82, 2.24) is 15.5 Å². The zero-order valence-electron chi connectivity index (χ0n) is 8.63. The van der Waals surface area contributed by atoms with Crippen molar-refractivity contribution in [3.8, 4) is 0 Å². The van der Waals surface area contributed by atoms with Crippen LogP contribution >= 0.6 is 0 Å². The minimum atomic E-state index is -0.0695. The first-order chi connectivity index (χ1) is 6.11. The number of rotatable bonds is 3. The molecule has 1 heterocycles. The van der Waals surface area contributed by atoms with Crippen LogP contribution in [0.2, 0.25) is 0 Å². The van der Waals surface area contributed by atoms with E-state index in [-0.39, 0.29) is 11.9 Å². The lowest BCUT2D eigenvalue weighted by Crippen LogP contribution is -2.46. The van der Waals surface area contributed by atoms with Gasteiger partial charge in [-0.15, -0.1) is 0 Å². The zero-order valence-corrected chi connectivity index (χ0v) is 8.63. The Kier molecular flexibility index (Phi) is 3.69. The number of carbonyl (C=O) groups is 1. The Morgan fingerprint density at radius 1 is 1.62 bits per heavy atom. The first-order valence-electron chi connectivity index (χ1n) is 4.79. The summed E-state index contributed by atoms with van der Waals surface area (Å²) in [6, 6.07) is 0.388. The lowest BCUT2D eigenvalue weighted by atomic mass is 10.2. The third kappa shape index (κ3) is 2.97. The SMILES string of the molecule is CC(NC1CCNC1)C(=O)N(C)C. The minimum absolute atomic E-state index is 0.0695. The molecule has 2 N–H and O–H groups in total. The van der Waals surface area contributed by atoms with Gasteiger partial charge < -0.3 is 15.5 Å². The van der Waals surface area contributed by atoms with Crippen LogP contribution < -0.4 is 10.6 Å². The third-order valence-corrected chi connectivity index (χ3v) is 2.36. The van der Waals surface area contributed by atoms with Crippen LogP contribution in [-0.4, -0.2) is 50.1 Å². The number of nitrogens with zero attached hydrogens (tertiary/aromatic N) is 1. The molecule has 0 aliphatic carbocycles. The Morgan fingerprint density at radius 3 is 2.77 bits per heavy atom. The Labute approximate surface area is 79.7 Å². The monoisotopic (exact) mass is 185 g/mol. The van der Waals surface area contributed by atoms with Gasteiger partial charge in [-0.1, -0.05) is 0 Å². The molecule has 0 aromatic carbocycles. The first-order valence-corrected chi connectivity index (χ1v) is 4.79. The molecule has 4 nitrogen and oxygen atoms in total. The second-order valence-electron chi connectivity index (χ2n) is 3.81. The van der Waals surface area contributed by atoms with Crippen molar-refractivity contribution in [2.45, 2.75) is 25.4 Å². The van der Waals surface area contributed by atoms with Gasteiger partial charge in [0.05, 0.1) is 6.04 Å². The molecule has 1 rings (SSSR count). The van der Waals surface area contributed by atoms with Gasteiger partial charge in [-0.05, 0) is 19.9 Å². The van der Waals surface area contributed by atoms with Gasteiger partial charge in [0.1, 0.15) is 0 Å². The van der Waals surface area contributed by atoms with Gasteiger partial charge in [0.2, 0.25) is 5.91 Å². The maximum Gasteiger partial charge on any atom is 0.238 e. The van der Waals surface area contributed by atoms with E-state index >= 15 is 0 Å². The van der Waals surface area contributed by atoms with Gasteiger partial charge in [-0.3, -0.25) is 4.79 Å². The molecule has 4 heteroatoms. The van der Waals surface area contributed by atoms with Crippen molar-refractivity contribution in [1.29, 1.82) is 0 Å². The van der Waals surface area contributed by atoms with Crippen LogP contribution in [0.4, 0.5) is 0 Å². The largest absolute Gasteiger partial charge is 0.347 e. The number of carbonyl (C=O) groups excluding carboxylic acids is 1. The maximum absolute atomic E-state index is 11.5. The van der Waals surface area contributed by atoms with Crippen LogP contribution in [0, 0.1) is 0 Å². The summed E-state index contributed by atoms with van der Waals surface area (Å²) in [6.45, 7) is 3.95. The number of amides is 1. The molecule has 0 bridgehead atoms. The van der Waals surface area contributed by atoms with Crippen LogP contribution in [-0.2, 0) is 4.79 Å². The van der Waals surface area contributed by atoms with Gasteiger partial charge in [-0.25, -0.2) is 0 Å². The maximum atomic E-state index is 11.5. The summed E-state index contributed by atoms with van der Waals surface area (Å²) >= 11 is 0. The molecular weight excluding hydrogens is 166 g/mol. The van der Waals surface area contributed by atoms with E-state index in [1.165, 1.54) is 0 Å². The van der Waals surface area contributed by atoms with Crippen LogP contribution in [0.15, 0.2) is 0 Å². The van der Waals surface area contributed by atoms with Crippen LogP contribution in [0.3, 0.4) is 0 Å². The number of nitrogens with one attached hydrogen (secondary N) is 2. The van der Waals surface area contributed by atoms with Crippen molar-refractivity contribution in [3.63, 3.8) is 0 Å². The van der Waals surface area contributed by atoms with E-state index in [0.29, 0.717) is 6.04 Å². The molecule has 0 radical (unpaired) electrons. The van der Waals surface area contributed by atoms with Crippen LogP contribution in [0.5, 0.6) is 0 Å². The lowest BCUT2D eigenvalue weighted by Gasteiger charge is -2.21. The van der Waals surface area contributed by atoms with Crippen molar-refractivity contribution < 1.29 is 4.79 Å². The van der Waals surface area contributed by atoms with E-state index in [4.69, 9.17) is 0 Å². The molecule has 1 fully saturated rings. The minimum Gasteiger partial charge on any atom is -0.347 e. The fourth-order valence-electron chi connectivity index (χ4n) is 1.61. The van der Waals surface area contributed by atoms with Crippen LogP contribution in [0.25, 0.3) is 0 Å². The number of likely N-dealkylation sites (N-methyl/N-ethyl adjacent to an activating group) is 1. The predicted octanol–water partition coefficient (Wildman–Crippen LogP) is -0.585. The molecule has 2 unspecified atom stereocenters. The average Bonchev–Trinajstić information content (AvgIpc) is 2.55. The van der Waals surface area contributed by atoms with Crippen molar-refractivity contribution in [2.24, 2.45) is 0 Å². The molecule has 2 atom stereocenters. The molecule has 0 spiro atoms. The average molecular weight is 185 g/mol. The van der Waals surface area contributed by atoms with E-state index in [1.807, 2.05) is 6.92 Å². The Hall–Kier alpha value is -0.610. The second kappa shape index (κ2) is 4.58. The van der Waals surface area contributed by atoms with Gasteiger partial charge in [0, 0.05) is 26.7 Å². The molecule has 0 aromatic heterocycles. The number of hydrogen-bond acceptors (Lipinski definition) is 3. The summed E-state index contributed by atoms with van der Waals surface area (Å²) in [5, 5.41) is 6.56. The smallest absolute Gasteiger partial charge is 0.238 e. The van der Waals surface area contributed by atoms with Gasteiger partial charge in [0.15, 0.2) is 0 Å². The second-order valence-corrected chi connectivity index (χ2v) is 3.81.